The summed E-state index contributed by atoms with van der Waals surface area (Å²) in [5, 5.41) is 7.40. The van der Waals surface area contributed by atoms with E-state index in [0.29, 0.717) is 32.0 Å². The van der Waals surface area contributed by atoms with Crippen molar-refractivity contribution in [3.63, 3.8) is 0 Å². The van der Waals surface area contributed by atoms with Crippen LogP contribution < -0.4 is 11.0 Å². The molecule has 4 rings (SSSR count). The van der Waals surface area contributed by atoms with Crippen molar-refractivity contribution in [3.8, 4) is 0 Å². The molecule has 0 bridgehead atoms. The van der Waals surface area contributed by atoms with Gasteiger partial charge in [0, 0.05) is 32.6 Å². The van der Waals surface area contributed by atoms with Gasteiger partial charge >= 0.3 is 11.7 Å². The van der Waals surface area contributed by atoms with E-state index in [9.17, 15) is 14.0 Å². The Labute approximate surface area is 180 Å². The molecule has 31 heavy (non-hydrogen) atoms. The van der Waals surface area contributed by atoms with Gasteiger partial charge in [-0.1, -0.05) is 42.5 Å². The van der Waals surface area contributed by atoms with E-state index in [2.05, 4.69) is 10.4 Å². The van der Waals surface area contributed by atoms with Crippen molar-refractivity contribution in [1.29, 1.82) is 0 Å². The van der Waals surface area contributed by atoms with E-state index in [-0.39, 0.29) is 23.5 Å². The number of nitrogens with one attached hydrogen (secondary N) is 1. The highest BCUT2D eigenvalue weighted by atomic mass is 19.1. The summed E-state index contributed by atoms with van der Waals surface area (Å²) < 4.78 is 16.1. The zero-order valence-electron chi connectivity index (χ0n) is 17.5. The van der Waals surface area contributed by atoms with Gasteiger partial charge in [-0.2, -0.15) is 5.10 Å². The first-order valence-corrected chi connectivity index (χ1v) is 10.5. The number of aromatic nitrogens is 3. The van der Waals surface area contributed by atoms with Gasteiger partial charge in [0.2, 0.25) is 0 Å². The standard InChI is InChI=1S/C23H26FN5O2/c1-27-23(31)29(15-18-6-3-2-4-7-18)21(26-27)19-8-5-13-28(16-19)22(30)25-14-17-9-11-20(24)12-10-17/h2-4,6-7,9-12,19H,5,8,13-16H2,1H3,(H,25,30). The molecule has 1 fully saturated rings. The summed E-state index contributed by atoms with van der Waals surface area (Å²) in [5.41, 5.74) is 1.71. The lowest BCUT2D eigenvalue weighted by Gasteiger charge is -2.32. The lowest BCUT2D eigenvalue weighted by Crippen LogP contribution is -2.45. The smallest absolute Gasteiger partial charge is 0.334 e. The highest BCUT2D eigenvalue weighted by Gasteiger charge is 2.29. The first-order valence-electron chi connectivity index (χ1n) is 10.5. The van der Waals surface area contributed by atoms with Crippen LogP contribution in [0.25, 0.3) is 0 Å². The molecular weight excluding hydrogens is 397 g/mol. The molecule has 1 aliphatic heterocycles. The molecule has 2 aromatic carbocycles. The molecular formula is C23H26FN5O2. The molecule has 0 radical (unpaired) electrons. The van der Waals surface area contributed by atoms with Crippen LogP contribution in [0.2, 0.25) is 0 Å². The number of nitrogens with zero attached hydrogens (tertiary/aromatic N) is 4. The largest absolute Gasteiger partial charge is 0.345 e. The van der Waals surface area contributed by atoms with E-state index in [4.69, 9.17) is 0 Å². The van der Waals surface area contributed by atoms with Crippen LogP contribution in [0.3, 0.4) is 0 Å². The van der Waals surface area contributed by atoms with E-state index in [1.54, 1.807) is 28.6 Å². The maximum absolute atomic E-state index is 13.1. The number of hydrogen-bond acceptors (Lipinski definition) is 3. The van der Waals surface area contributed by atoms with Crippen molar-refractivity contribution in [2.45, 2.75) is 31.8 Å². The Morgan fingerprint density at radius 3 is 2.61 bits per heavy atom. The summed E-state index contributed by atoms with van der Waals surface area (Å²) in [5.74, 6) is 0.404. The zero-order chi connectivity index (χ0) is 21.8. The van der Waals surface area contributed by atoms with Gasteiger partial charge < -0.3 is 10.2 Å². The molecule has 7 nitrogen and oxygen atoms in total. The van der Waals surface area contributed by atoms with Gasteiger partial charge in [-0.3, -0.25) is 4.57 Å². The fraction of sp³-hybridized carbons (Fsp3) is 0.348. The fourth-order valence-corrected chi connectivity index (χ4v) is 4.00. The summed E-state index contributed by atoms with van der Waals surface area (Å²) in [6, 6.07) is 15.7. The Hall–Kier alpha value is -3.42. The number of piperidine rings is 1. The molecule has 0 saturated carbocycles. The molecule has 1 atom stereocenters. The molecule has 0 aliphatic carbocycles. The molecule has 0 spiro atoms. The number of likely N-dealkylation sites (tertiary alicyclic amines) is 1. The van der Waals surface area contributed by atoms with Crippen LogP contribution in [0.1, 0.15) is 35.7 Å². The minimum absolute atomic E-state index is 0.0112. The summed E-state index contributed by atoms with van der Waals surface area (Å²) in [6.07, 6.45) is 1.71. The number of urea groups is 1. The Balaban J connectivity index is 1.45. The Kier molecular flexibility index (Phi) is 6.16. The van der Waals surface area contributed by atoms with E-state index in [1.807, 2.05) is 30.3 Å². The molecule has 1 aliphatic rings. The van der Waals surface area contributed by atoms with Gasteiger partial charge in [0.05, 0.1) is 6.54 Å². The van der Waals surface area contributed by atoms with Crippen LogP contribution >= 0.6 is 0 Å². The Morgan fingerprint density at radius 2 is 1.87 bits per heavy atom. The Bertz CT molecular complexity index is 1090. The van der Waals surface area contributed by atoms with Crippen molar-refractivity contribution in [3.05, 3.63) is 87.9 Å². The number of hydrogen-bond donors (Lipinski definition) is 1. The van der Waals surface area contributed by atoms with Gasteiger partial charge in [0.15, 0.2) is 0 Å². The molecule has 8 heteroatoms. The topological polar surface area (TPSA) is 72.2 Å². The summed E-state index contributed by atoms with van der Waals surface area (Å²) in [6.45, 7) is 1.95. The molecule has 2 amide bonds. The third-order valence-corrected chi connectivity index (χ3v) is 5.65. The van der Waals surface area contributed by atoms with Gasteiger partial charge in [-0.25, -0.2) is 18.7 Å². The minimum Gasteiger partial charge on any atom is -0.334 e. The van der Waals surface area contributed by atoms with Crippen LogP contribution in [-0.2, 0) is 20.1 Å². The van der Waals surface area contributed by atoms with E-state index in [1.165, 1.54) is 16.8 Å². The normalized spacial score (nSPS) is 16.3. The fourth-order valence-electron chi connectivity index (χ4n) is 4.00. The van der Waals surface area contributed by atoms with Crippen LogP contribution in [0.4, 0.5) is 9.18 Å². The SMILES string of the molecule is Cn1nc(C2CCCN(C(=O)NCc3ccc(F)cc3)C2)n(Cc2ccccc2)c1=O. The predicted octanol–water partition coefficient (Wildman–Crippen LogP) is 2.86. The van der Waals surface area contributed by atoms with Crippen molar-refractivity contribution < 1.29 is 9.18 Å². The number of benzene rings is 2. The summed E-state index contributed by atoms with van der Waals surface area (Å²) in [7, 11) is 1.66. The molecule has 3 aromatic rings. The molecule has 1 N–H and O–H groups in total. The second kappa shape index (κ2) is 9.16. The second-order valence-electron chi connectivity index (χ2n) is 7.91. The third-order valence-electron chi connectivity index (χ3n) is 5.65. The zero-order valence-corrected chi connectivity index (χ0v) is 17.5. The lowest BCUT2D eigenvalue weighted by molar-refractivity contribution is 0.177. The second-order valence-corrected chi connectivity index (χ2v) is 7.91. The van der Waals surface area contributed by atoms with Crippen molar-refractivity contribution in [2.24, 2.45) is 7.05 Å². The maximum atomic E-state index is 13.1. The van der Waals surface area contributed by atoms with Crippen molar-refractivity contribution >= 4 is 6.03 Å². The molecule has 1 saturated heterocycles. The quantitative estimate of drug-likeness (QED) is 0.686. The summed E-state index contributed by atoms with van der Waals surface area (Å²) in [4.78, 5) is 27.2. The molecule has 1 aromatic heterocycles. The summed E-state index contributed by atoms with van der Waals surface area (Å²) >= 11 is 0. The number of aryl methyl sites for hydroxylation is 1. The van der Waals surface area contributed by atoms with Crippen molar-refractivity contribution in [2.75, 3.05) is 13.1 Å². The number of carbonyl (C=O) groups is 1. The predicted molar refractivity (Wildman–Crippen MR) is 115 cm³/mol. The van der Waals surface area contributed by atoms with Gasteiger partial charge in [0.1, 0.15) is 11.6 Å². The average molecular weight is 423 g/mol. The first kappa shape index (κ1) is 20.8. The van der Waals surface area contributed by atoms with Crippen molar-refractivity contribution in [1.82, 2.24) is 24.6 Å². The van der Waals surface area contributed by atoms with Gasteiger partial charge in [-0.15, -0.1) is 0 Å². The van der Waals surface area contributed by atoms with Crippen LogP contribution in [0.5, 0.6) is 0 Å². The number of halogens is 1. The van der Waals surface area contributed by atoms with Crippen LogP contribution in [-0.4, -0.2) is 38.4 Å². The number of carbonyl (C=O) groups excluding carboxylic acids is 1. The van der Waals surface area contributed by atoms with Gasteiger partial charge in [0.25, 0.3) is 0 Å². The third kappa shape index (κ3) is 4.84. The minimum atomic E-state index is -0.300. The molecule has 162 valence electrons. The van der Waals surface area contributed by atoms with E-state index >= 15 is 0 Å². The highest BCUT2D eigenvalue weighted by Crippen LogP contribution is 2.25. The van der Waals surface area contributed by atoms with E-state index in [0.717, 1.165) is 24.0 Å². The van der Waals surface area contributed by atoms with Crippen LogP contribution in [0, 0.1) is 5.82 Å². The average Bonchev–Trinajstić information content (AvgIpc) is 3.08. The number of amides is 2. The maximum Gasteiger partial charge on any atom is 0.345 e. The monoisotopic (exact) mass is 423 g/mol. The highest BCUT2D eigenvalue weighted by molar-refractivity contribution is 5.74. The molecule has 2 heterocycles. The Morgan fingerprint density at radius 1 is 1.13 bits per heavy atom. The lowest BCUT2D eigenvalue weighted by atomic mass is 9.97. The van der Waals surface area contributed by atoms with E-state index < -0.39 is 0 Å². The first-order chi connectivity index (χ1) is 15.0. The number of rotatable bonds is 5. The van der Waals surface area contributed by atoms with Gasteiger partial charge in [-0.05, 0) is 36.1 Å². The van der Waals surface area contributed by atoms with Crippen LogP contribution in [0.15, 0.2) is 59.4 Å². The molecule has 1 unspecified atom stereocenters.